The number of ether oxygens (including phenoxy) is 1. The highest BCUT2D eigenvalue weighted by molar-refractivity contribution is 7.09. The Hall–Kier alpha value is -1.18. The van der Waals surface area contributed by atoms with Crippen molar-refractivity contribution >= 4 is 17.3 Å². The molecule has 0 aliphatic carbocycles. The van der Waals surface area contributed by atoms with Crippen molar-refractivity contribution in [2.24, 2.45) is 10.8 Å². The fraction of sp³-hybridized carbons (Fsp3) is 0.600. The van der Waals surface area contributed by atoms with E-state index in [0.29, 0.717) is 12.5 Å². The van der Waals surface area contributed by atoms with E-state index in [2.05, 4.69) is 20.7 Å². The Labute approximate surface area is 105 Å². The number of hydrogen-bond donors (Lipinski definition) is 3. The van der Waals surface area contributed by atoms with Crippen LogP contribution < -0.4 is 16.6 Å². The molecule has 1 rings (SSSR count). The third-order valence-electron chi connectivity index (χ3n) is 2.02. The average molecular weight is 257 g/mol. The topological polar surface area (TPSA) is 84.6 Å². The minimum absolute atomic E-state index is 0.529. The van der Waals surface area contributed by atoms with Crippen molar-refractivity contribution in [1.29, 1.82) is 0 Å². The van der Waals surface area contributed by atoms with Crippen LogP contribution in [0.3, 0.4) is 0 Å². The minimum atomic E-state index is 0.529. The summed E-state index contributed by atoms with van der Waals surface area (Å²) in [5.41, 5.74) is 3.49. The van der Waals surface area contributed by atoms with Gasteiger partial charge in [-0.2, -0.15) is 0 Å². The molecular formula is C10H19N5OS. The lowest BCUT2D eigenvalue weighted by Crippen LogP contribution is -2.42. The molecule has 0 spiro atoms. The van der Waals surface area contributed by atoms with Gasteiger partial charge in [0.25, 0.3) is 0 Å². The Morgan fingerprint density at radius 2 is 2.47 bits per heavy atom. The molecule has 0 amide bonds. The maximum Gasteiger partial charge on any atom is 0.206 e. The SMILES string of the molecule is COCCCNC(=NCc1csc(C)n1)NN. The van der Waals surface area contributed by atoms with E-state index < -0.39 is 0 Å². The van der Waals surface area contributed by atoms with Crippen molar-refractivity contribution in [3.05, 3.63) is 16.1 Å². The quantitative estimate of drug-likeness (QED) is 0.226. The Morgan fingerprint density at radius 3 is 3.06 bits per heavy atom. The smallest absolute Gasteiger partial charge is 0.206 e. The normalized spacial score (nSPS) is 11.6. The van der Waals surface area contributed by atoms with Crippen LogP contribution in [0, 0.1) is 6.92 Å². The fourth-order valence-corrected chi connectivity index (χ4v) is 1.82. The van der Waals surface area contributed by atoms with Crippen LogP contribution in [0.5, 0.6) is 0 Å². The second-order valence-corrected chi connectivity index (χ2v) is 4.50. The Morgan fingerprint density at radius 1 is 1.65 bits per heavy atom. The fourth-order valence-electron chi connectivity index (χ4n) is 1.22. The summed E-state index contributed by atoms with van der Waals surface area (Å²) in [6.45, 7) is 3.99. The minimum Gasteiger partial charge on any atom is -0.385 e. The standard InChI is InChI=1S/C10H19N5OS/c1-8-14-9(7-17-8)6-13-10(15-11)12-4-3-5-16-2/h7H,3-6,11H2,1-2H3,(H2,12,13,15). The third-order valence-corrected chi connectivity index (χ3v) is 2.84. The second kappa shape index (κ2) is 7.99. The van der Waals surface area contributed by atoms with Gasteiger partial charge in [-0.15, -0.1) is 11.3 Å². The Balaban J connectivity index is 2.33. The van der Waals surface area contributed by atoms with E-state index in [-0.39, 0.29) is 0 Å². The first kappa shape index (κ1) is 13.9. The van der Waals surface area contributed by atoms with Crippen molar-refractivity contribution in [1.82, 2.24) is 15.7 Å². The van der Waals surface area contributed by atoms with Crippen LogP contribution in [0.15, 0.2) is 10.4 Å². The summed E-state index contributed by atoms with van der Waals surface area (Å²) in [7, 11) is 1.68. The maximum absolute atomic E-state index is 5.36. The number of aromatic nitrogens is 1. The number of guanidine groups is 1. The first-order valence-corrected chi connectivity index (χ1v) is 6.29. The van der Waals surface area contributed by atoms with Crippen molar-refractivity contribution < 1.29 is 4.74 Å². The Bertz CT molecular complexity index is 352. The Kier molecular flexibility index (Phi) is 6.53. The molecule has 1 aromatic heterocycles. The molecule has 0 saturated heterocycles. The van der Waals surface area contributed by atoms with Crippen LogP contribution in [0.1, 0.15) is 17.1 Å². The highest BCUT2D eigenvalue weighted by Crippen LogP contribution is 2.08. The van der Waals surface area contributed by atoms with E-state index in [1.165, 1.54) is 0 Å². The van der Waals surface area contributed by atoms with E-state index in [0.717, 1.165) is 30.3 Å². The summed E-state index contributed by atoms with van der Waals surface area (Å²) >= 11 is 1.62. The predicted molar refractivity (Wildman–Crippen MR) is 69.8 cm³/mol. The van der Waals surface area contributed by atoms with E-state index in [4.69, 9.17) is 10.6 Å². The molecular weight excluding hydrogens is 238 g/mol. The molecule has 6 nitrogen and oxygen atoms in total. The molecule has 7 heteroatoms. The molecule has 0 atom stereocenters. The number of methoxy groups -OCH3 is 1. The number of nitrogens with two attached hydrogens (primary N) is 1. The molecule has 1 heterocycles. The van der Waals surface area contributed by atoms with Gasteiger partial charge in [0.1, 0.15) is 0 Å². The lowest BCUT2D eigenvalue weighted by atomic mass is 10.4. The zero-order valence-electron chi connectivity index (χ0n) is 10.2. The largest absolute Gasteiger partial charge is 0.385 e. The summed E-state index contributed by atoms with van der Waals surface area (Å²) in [6, 6.07) is 0. The van der Waals surface area contributed by atoms with Gasteiger partial charge in [0.05, 0.1) is 17.2 Å². The van der Waals surface area contributed by atoms with Gasteiger partial charge in [-0.05, 0) is 13.3 Å². The van der Waals surface area contributed by atoms with E-state index >= 15 is 0 Å². The van der Waals surface area contributed by atoms with Gasteiger partial charge in [0.2, 0.25) is 5.96 Å². The molecule has 1 aromatic rings. The predicted octanol–water partition coefficient (Wildman–Crippen LogP) is 0.397. The monoisotopic (exact) mass is 257 g/mol. The molecule has 0 aliphatic rings. The molecule has 96 valence electrons. The van der Waals surface area contributed by atoms with Crippen molar-refractivity contribution in [3.8, 4) is 0 Å². The maximum atomic E-state index is 5.36. The summed E-state index contributed by atoms with van der Waals surface area (Å²) < 4.78 is 4.95. The van der Waals surface area contributed by atoms with Crippen molar-refractivity contribution in [2.45, 2.75) is 19.9 Å². The number of aliphatic imine (C=N–C) groups is 1. The molecule has 0 fully saturated rings. The summed E-state index contributed by atoms with van der Waals surface area (Å²) in [6.07, 6.45) is 0.910. The van der Waals surface area contributed by atoms with E-state index in [1.54, 1.807) is 18.4 Å². The molecule has 4 N–H and O–H groups in total. The van der Waals surface area contributed by atoms with E-state index in [9.17, 15) is 0 Å². The van der Waals surface area contributed by atoms with Crippen LogP contribution in [-0.4, -0.2) is 31.2 Å². The van der Waals surface area contributed by atoms with E-state index in [1.807, 2.05) is 12.3 Å². The zero-order valence-corrected chi connectivity index (χ0v) is 11.0. The second-order valence-electron chi connectivity index (χ2n) is 3.44. The van der Waals surface area contributed by atoms with Gasteiger partial charge in [-0.3, -0.25) is 5.43 Å². The zero-order chi connectivity index (χ0) is 12.5. The number of aryl methyl sites for hydroxylation is 1. The number of nitrogens with one attached hydrogen (secondary N) is 2. The van der Waals surface area contributed by atoms with Crippen LogP contribution >= 0.6 is 11.3 Å². The van der Waals surface area contributed by atoms with Crippen molar-refractivity contribution in [3.63, 3.8) is 0 Å². The molecule has 0 unspecified atom stereocenters. The molecule has 0 aromatic carbocycles. The average Bonchev–Trinajstić information content (AvgIpc) is 2.74. The first-order chi connectivity index (χ1) is 8.26. The van der Waals surface area contributed by atoms with Gasteiger partial charge in [0.15, 0.2) is 0 Å². The number of rotatable bonds is 6. The van der Waals surface area contributed by atoms with Crippen LogP contribution in [0.4, 0.5) is 0 Å². The molecule has 0 bridgehead atoms. The highest BCUT2D eigenvalue weighted by Gasteiger charge is 1.99. The number of hydrogen-bond acceptors (Lipinski definition) is 5. The van der Waals surface area contributed by atoms with Gasteiger partial charge in [-0.1, -0.05) is 0 Å². The molecule has 0 radical (unpaired) electrons. The van der Waals surface area contributed by atoms with Crippen LogP contribution in [0.2, 0.25) is 0 Å². The molecule has 0 aliphatic heterocycles. The molecule has 17 heavy (non-hydrogen) atoms. The third kappa shape index (κ3) is 5.62. The van der Waals surface area contributed by atoms with Gasteiger partial charge < -0.3 is 10.1 Å². The number of thiazole rings is 1. The van der Waals surface area contributed by atoms with Crippen LogP contribution in [-0.2, 0) is 11.3 Å². The number of nitrogens with zero attached hydrogens (tertiary/aromatic N) is 2. The summed E-state index contributed by atoms with van der Waals surface area (Å²) in [4.78, 5) is 8.62. The van der Waals surface area contributed by atoms with Gasteiger partial charge in [-0.25, -0.2) is 15.8 Å². The number of hydrazine groups is 1. The first-order valence-electron chi connectivity index (χ1n) is 5.41. The van der Waals surface area contributed by atoms with Gasteiger partial charge >= 0.3 is 0 Å². The summed E-state index contributed by atoms with van der Waals surface area (Å²) in [5, 5.41) is 6.14. The lowest BCUT2D eigenvalue weighted by molar-refractivity contribution is 0.195. The van der Waals surface area contributed by atoms with Gasteiger partial charge in [0, 0.05) is 25.6 Å². The summed E-state index contributed by atoms with van der Waals surface area (Å²) in [5.74, 6) is 5.94. The highest BCUT2D eigenvalue weighted by atomic mass is 32.1. The lowest BCUT2D eigenvalue weighted by Gasteiger charge is -2.08. The van der Waals surface area contributed by atoms with Crippen molar-refractivity contribution in [2.75, 3.05) is 20.3 Å². The molecule has 0 saturated carbocycles. The van der Waals surface area contributed by atoms with Crippen LogP contribution in [0.25, 0.3) is 0 Å².